The molecule has 0 N–H and O–H groups in total. The molecule has 2 aromatic carbocycles. The van der Waals surface area contributed by atoms with E-state index in [1.165, 1.54) is 0 Å². The Bertz CT molecular complexity index is 1050. The molecule has 0 atom stereocenters. The molecule has 0 aliphatic rings. The lowest BCUT2D eigenvalue weighted by Crippen LogP contribution is -2.16. The first-order valence-electron chi connectivity index (χ1n) is 8.82. The Kier molecular flexibility index (Phi) is 6.71. The maximum absolute atomic E-state index is 12.4. The first-order chi connectivity index (χ1) is 13.8. The molecule has 0 unspecified atom stereocenters. The number of hydrogen-bond acceptors (Lipinski definition) is 7. The van der Waals surface area contributed by atoms with Gasteiger partial charge in [-0.05, 0) is 67.8 Å². The van der Waals surface area contributed by atoms with Crippen molar-refractivity contribution < 1.29 is 18.7 Å². The molecule has 0 saturated carbocycles. The van der Waals surface area contributed by atoms with Gasteiger partial charge in [-0.15, -0.1) is 10.2 Å². The first kappa shape index (κ1) is 21.1. The summed E-state index contributed by atoms with van der Waals surface area (Å²) < 4.78 is 10.6. The molecule has 8 heteroatoms. The van der Waals surface area contributed by atoms with Crippen LogP contribution in [0.2, 0.25) is 5.02 Å². The van der Waals surface area contributed by atoms with E-state index < -0.39 is 5.97 Å². The lowest BCUT2D eigenvalue weighted by Gasteiger charge is -2.09. The number of esters is 1. The van der Waals surface area contributed by atoms with Gasteiger partial charge in [-0.2, -0.15) is 0 Å². The van der Waals surface area contributed by atoms with E-state index in [9.17, 15) is 9.59 Å². The Morgan fingerprint density at radius 2 is 1.72 bits per heavy atom. The van der Waals surface area contributed by atoms with Crippen LogP contribution in [0, 0.1) is 20.8 Å². The van der Waals surface area contributed by atoms with Crippen molar-refractivity contribution in [1.82, 2.24) is 10.2 Å². The number of aromatic nitrogens is 2. The first-order valence-corrected chi connectivity index (χ1v) is 10.2. The van der Waals surface area contributed by atoms with Gasteiger partial charge in [-0.1, -0.05) is 29.4 Å². The Labute approximate surface area is 177 Å². The molecule has 6 nitrogen and oxygen atoms in total. The van der Waals surface area contributed by atoms with Crippen molar-refractivity contribution in [3.63, 3.8) is 0 Å². The highest BCUT2D eigenvalue weighted by molar-refractivity contribution is 7.99. The number of aryl methyl sites for hydroxylation is 3. The summed E-state index contributed by atoms with van der Waals surface area (Å²) in [5.41, 5.74) is 4.30. The zero-order valence-electron chi connectivity index (χ0n) is 16.2. The molecule has 0 aliphatic heterocycles. The third-order valence-electron chi connectivity index (χ3n) is 4.32. The maximum Gasteiger partial charge on any atom is 0.316 e. The molecular weight excluding hydrogens is 412 g/mol. The second-order valence-electron chi connectivity index (χ2n) is 6.50. The van der Waals surface area contributed by atoms with E-state index in [0.717, 1.165) is 34.0 Å². The maximum atomic E-state index is 12.4. The highest BCUT2D eigenvalue weighted by Crippen LogP contribution is 2.24. The summed E-state index contributed by atoms with van der Waals surface area (Å²) >= 11 is 6.91. The number of rotatable bonds is 7. The minimum atomic E-state index is -0.531. The minimum absolute atomic E-state index is 0.0402. The molecule has 0 spiro atoms. The highest BCUT2D eigenvalue weighted by atomic mass is 35.5. The number of ether oxygens (including phenoxy) is 1. The lowest BCUT2D eigenvalue weighted by atomic mass is 9.98. The molecule has 0 amide bonds. The Balaban J connectivity index is 1.51. The van der Waals surface area contributed by atoms with Gasteiger partial charge in [-0.25, -0.2) is 0 Å². The monoisotopic (exact) mass is 430 g/mol. The van der Waals surface area contributed by atoms with Gasteiger partial charge >= 0.3 is 5.97 Å². The topological polar surface area (TPSA) is 82.3 Å². The van der Waals surface area contributed by atoms with Gasteiger partial charge in [0.2, 0.25) is 11.7 Å². The summed E-state index contributed by atoms with van der Waals surface area (Å²) in [6.07, 6.45) is 0. The van der Waals surface area contributed by atoms with Crippen molar-refractivity contribution in [3.05, 3.63) is 63.7 Å². The Morgan fingerprint density at radius 3 is 2.45 bits per heavy atom. The van der Waals surface area contributed by atoms with Crippen LogP contribution >= 0.6 is 23.4 Å². The fourth-order valence-corrected chi connectivity index (χ4v) is 3.31. The number of carbonyl (C=O) groups is 2. The summed E-state index contributed by atoms with van der Waals surface area (Å²) in [6.45, 7) is 5.49. The van der Waals surface area contributed by atoms with E-state index >= 15 is 0 Å². The fourth-order valence-electron chi connectivity index (χ4n) is 2.62. The molecule has 0 fully saturated rings. The van der Waals surface area contributed by atoms with E-state index in [-0.39, 0.29) is 23.4 Å². The van der Waals surface area contributed by atoms with Crippen molar-refractivity contribution in [2.24, 2.45) is 0 Å². The number of hydrogen-bond donors (Lipinski definition) is 0. The molecule has 29 heavy (non-hydrogen) atoms. The van der Waals surface area contributed by atoms with Crippen LogP contribution in [-0.2, 0) is 9.53 Å². The van der Waals surface area contributed by atoms with Crippen LogP contribution in [0.4, 0.5) is 0 Å². The van der Waals surface area contributed by atoms with Crippen molar-refractivity contribution in [1.29, 1.82) is 0 Å². The molecule has 3 rings (SSSR count). The molecular formula is C21H19ClN2O4S. The van der Waals surface area contributed by atoms with Crippen LogP contribution in [0.25, 0.3) is 11.5 Å². The third kappa shape index (κ3) is 5.46. The van der Waals surface area contributed by atoms with E-state index in [0.29, 0.717) is 16.5 Å². The number of benzene rings is 2. The zero-order chi connectivity index (χ0) is 21.0. The van der Waals surface area contributed by atoms with Crippen LogP contribution in [0.15, 0.2) is 46.0 Å². The third-order valence-corrected chi connectivity index (χ3v) is 5.36. The molecule has 150 valence electrons. The van der Waals surface area contributed by atoms with Crippen molar-refractivity contribution in [2.45, 2.75) is 26.0 Å². The zero-order valence-corrected chi connectivity index (χ0v) is 17.8. The second-order valence-corrected chi connectivity index (χ2v) is 7.87. The lowest BCUT2D eigenvalue weighted by molar-refractivity contribution is -0.139. The van der Waals surface area contributed by atoms with Crippen molar-refractivity contribution in [2.75, 3.05) is 12.4 Å². The molecule has 3 aromatic rings. The van der Waals surface area contributed by atoms with Crippen molar-refractivity contribution in [3.8, 4) is 11.5 Å². The molecule has 0 aliphatic carbocycles. The average molecular weight is 431 g/mol. The van der Waals surface area contributed by atoms with Crippen LogP contribution in [0.5, 0.6) is 0 Å². The molecule has 1 heterocycles. The summed E-state index contributed by atoms with van der Waals surface area (Å²) in [5.74, 6) is -0.470. The van der Waals surface area contributed by atoms with Crippen LogP contribution in [0.1, 0.15) is 27.0 Å². The van der Waals surface area contributed by atoms with Crippen LogP contribution < -0.4 is 0 Å². The van der Waals surface area contributed by atoms with Gasteiger partial charge in [-0.3, -0.25) is 9.59 Å². The summed E-state index contributed by atoms with van der Waals surface area (Å²) in [5, 5.41) is 8.69. The summed E-state index contributed by atoms with van der Waals surface area (Å²) in [4.78, 5) is 24.3. The van der Waals surface area contributed by atoms with E-state index in [1.54, 1.807) is 24.3 Å². The quantitative estimate of drug-likeness (QED) is 0.301. The van der Waals surface area contributed by atoms with Gasteiger partial charge in [0.15, 0.2) is 6.61 Å². The molecule has 0 saturated heterocycles. The normalized spacial score (nSPS) is 10.8. The Hall–Kier alpha value is -2.64. The van der Waals surface area contributed by atoms with E-state index in [2.05, 4.69) is 10.2 Å². The number of thioether (sulfide) groups is 1. The van der Waals surface area contributed by atoms with Crippen LogP contribution in [0.3, 0.4) is 0 Å². The predicted octanol–water partition coefficient (Wildman–Crippen LogP) is 4.83. The van der Waals surface area contributed by atoms with Gasteiger partial charge < -0.3 is 9.15 Å². The average Bonchev–Trinajstić information content (AvgIpc) is 3.17. The number of nitrogens with zero attached hydrogens (tertiary/aromatic N) is 2. The SMILES string of the molecule is Cc1cc(C)c(C(=O)COC(=O)CSc2nnc(-c3ccc(Cl)cc3)o2)cc1C. The van der Waals surface area contributed by atoms with Gasteiger partial charge in [0.1, 0.15) is 5.75 Å². The van der Waals surface area contributed by atoms with Gasteiger partial charge in [0, 0.05) is 16.1 Å². The van der Waals surface area contributed by atoms with E-state index in [1.807, 2.05) is 32.9 Å². The predicted molar refractivity (Wildman–Crippen MR) is 111 cm³/mol. The number of carbonyl (C=O) groups excluding carboxylic acids is 2. The fraction of sp³-hybridized carbons (Fsp3) is 0.238. The van der Waals surface area contributed by atoms with E-state index in [4.69, 9.17) is 20.8 Å². The van der Waals surface area contributed by atoms with Crippen LogP contribution in [-0.4, -0.2) is 34.3 Å². The second kappa shape index (κ2) is 9.24. The molecule has 0 bridgehead atoms. The smallest absolute Gasteiger partial charge is 0.316 e. The van der Waals surface area contributed by atoms with Gasteiger partial charge in [0.25, 0.3) is 5.22 Å². The van der Waals surface area contributed by atoms with Gasteiger partial charge in [0.05, 0.1) is 0 Å². The minimum Gasteiger partial charge on any atom is -0.457 e. The number of halogens is 1. The number of ketones is 1. The summed E-state index contributed by atoms with van der Waals surface area (Å²) in [6, 6.07) is 10.7. The molecule has 1 aromatic heterocycles. The highest BCUT2D eigenvalue weighted by Gasteiger charge is 2.15. The summed E-state index contributed by atoms with van der Waals surface area (Å²) in [7, 11) is 0. The Morgan fingerprint density at radius 1 is 1.03 bits per heavy atom. The standard InChI is InChI=1S/C21H19ClN2O4S/c1-12-8-14(3)17(9-13(12)2)18(25)10-27-19(26)11-29-21-24-23-20(28-21)15-4-6-16(22)7-5-15/h4-9H,10-11H2,1-3H3. The largest absolute Gasteiger partial charge is 0.457 e. The van der Waals surface area contributed by atoms with Crippen molar-refractivity contribution >= 4 is 35.1 Å². The molecule has 0 radical (unpaired) electrons. The number of Topliss-reactive ketones (excluding diaryl/α,β-unsaturated/α-hetero) is 1.